The molecule has 23 heavy (non-hydrogen) atoms. The molecule has 1 atom stereocenters. The van der Waals surface area contributed by atoms with Crippen LogP contribution in [0, 0.1) is 5.92 Å². The van der Waals surface area contributed by atoms with Gasteiger partial charge in [-0.1, -0.05) is 11.6 Å². The number of benzene rings is 1. The van der Waals surface area contributed by atoms with Gasteiger partial charge in [-0.25, -0.2) is 0 Å². The van der Waals surface area contributed by atoms with Gasteiger partial charge >= 0.3 is 6.18 Å². The van der Waals surface area contributed by atoms with E-state index in [9.17, 15) is 22.8 Å². The number of piperidine rings is 1. The maximum absolute atomic E-state index is 12.8. The zero-order valence-corrected chi connectivity index (χ0v) is 13.2. The fourth-order valence-electron chi connectivity index (χ4n) is 2.64. The Kier molecular flexibility index (Phi) is 5.19. The molecule has 1 N–H and O–H groups in total. The highest BCUT2D eigenvalue weighted by Crippen LogP contribution is 2.32. The van der Waals surface area contributed by atoms with Gasteiger partial charge in [-0.3, -0.25) is 9.59 Å². The largest absolute Gasteiger partial charge is 0.416 e. The summed E-state index contributed by atoms with van der Waals surface area (Å²) in [5.41, 5.74) is -1.09. The van der Waals surface area contributed by atoms with Crippen LogP contribution >= 0.6 is 11.6 Å². The predicted molar refractivity (Wildman–Crippen MR) is 79.1 cm³/mol. The highest BCUT2D eigenvalue weighted by Gasteiger charge is 2.33. The van der Waals surface area contributed by atoms with Crippen molar-refractivity contribution in [1.29, 1.82) is 0 Å². The zero-order valence-electron chi connectivity index (χ0n) is 12.4. The second-order valence-electron chi connectivity index (χ2n) is 5.43. The van der Waals surface area contributed by atoms with Crippen LogP contribution in [-0.2, 0) is 11.0 Å². The standard InChI is InChI=1S/C15H16ClF3N2O2/c1-20-13(22)9-3-2-4-21(8-9)14(23)10-5-11(15(17,18)19)7-12(16)6-10/h5-7,9H,2-4,8H2,1H3,(H,20,22). The van der Waals surface area contributed by atoms with Crippen LogP contribution in [0.1, 0.15) is 28.8 Å². The van der Waals surface area contributed by atoms with Crippen LogP contribution in [0.25, 0.3) is 0 Å². The molecule has 0 spiro atoms. The number of likely N-dealkylation sites (tertiary alicyclic amines) is 1. The fourth-order valence-corrected chi connectivity index (χ4v) is 2.87. The molecule has 1 unspecified atom stereocenters. The van der Waals surface area contributed by atoms with E-state index in [1.165, 1.54) is 18.0 Å². The van der Waals surface area contributed by atoms with Gasteiger partial charge in [0.15, 0.2) is 0 Å². The Morgan fingerprint density at radius 3 is 2.61 bits per heavy atom. The van der Waals surface area contributed by atoms with Gasteiger partial charge in [0.1, 0.15) is 0 Å². The highest BCUT2D eigenvalue weighted by atomic mass is 35.5. The van der Waals surface area contributed by atoms with E-state index in [0.717, 1.165) is 12.1 Å². The molecule has 1 aliphatic rings. The minimum absolute atomic E-state index is 0.123. The average molecular weight is 349 g/mol. The summed E-state index contributed by atoms with van der Waals surface area (Å²) in [5.74, 6) is -1.07. The van der Waals surface area contributed by atoms with E-state index >= 15 is 0 Å². The summed E-state index contributed by atoms with van der Waals surface area (Å²) in [5, 5.41) is 2.38. The summed E-state index contributed by atoms with van der Waals surface area (Å²) in [6.45, 7) is 0.590. The monoisotopic (exact) mass is 348 g/mol. The van der Waals surface area contributed by atoms with E-state index in [0.29, 0.717) is 19.4 Å². The second kappa shape index (κ2) is 6.78. The number of nitrogens with zero attached hydrogens (tertiary/aromatic N) is 1. The lowest BCUT2D eigenvalue weighted by Crippen LogP contribution is -2.44. The first-order chi connectivity index (χ1) is 10.7. The van der Waals surface area contributed by atoms with Gasteiger partial charge in [0.25, 0.3) is 5.91 Å². The van der Waals surface area contributed by atoms with Crippen LogP contribution in [0.5, 0.6) is 0 Å². The Labute approximate surface area is 136 Å². The molecule has 0 bridgehead atoms. The number of hydrogen-bond donors (Lipinski definition) is 1. The first-order valence-electron chi connectivity index (χ1n) is 7.11. The molecule has 1 fully saturated rings. The van der Waals surface area contributed by atoms with Crippen molar-refractivity contribution in [3.05, 3.63) is 34.3 Å². The van der Waals surface area contributed by atoms with Gasteiger partial charge in [0, 0.05) is 30.7 Å². The van der Waals surface area contributed by atoms with E-state index in [1.54, 1.807) is 0 Å². The zero-order chi connectivity index (χ0) is 17.2. The Morgan fingerprint density at radius 2 is 2.00 bits per heavy atom. The Morgan fingerprint density at radius 1 is 1.30 bits per heavy atom. The minimum atomic E-state index is -4.58. The van der Waals surface area contributed by atoms with Crippen molar-refractivity contribution in [2.24, 2.45) is 5.92 Å². The van der Waals surface area contributed by atoms with E-state index in [4.69, 9.17) is 11.6 Å². The van der Waals surface area contributed by atoms with E-state index in [-0.39, 0.29) is 29.0 Å². The van der Waals surface area contributed by atoms with Gasteiger partial charge in [-0.15, -0.1) is 0 Å². The molecule has 1 aromatic rings. The van der Waals surface area contributed by atoms with Gasteiger partial charge in [0.2, 0.25) is 5.91 Å². The summed E-state index contributed by atoms with van der Waals surface area (Å²) >= 11 is 5.71. The first kappa shape index (κ1) is 17.6. The first-order valence-corrected chi connectivity index (χ1v) is 7.49. The molecular formula is C15H16ClF3N2O2. The topological polar surface area (TPSA) is 49.4 Å². The van der Waals surface area contributed by atoms with Crippen LogP contribution in [0.2, 0.25) is 5.02 Å². The lowest BCUT2D eigenvalue weighted by molar-refractivity contribution is -0.137. The third-order valence-electron chi connectivity index (χ3n) is 3.80. The normalized spacial score (nSPS) is 18.7. The molecule has 1 heterocycles. The average Bonchev–Trinajstić information content (AvgIpc) is 2.52. The summed E-state index contributed by atoms with van der Waals surface area (Å²) in [7, 11) is 1.51. The van der Waals surface area contributed by atoms with Crippen molar-refractivity contribution < 1.29 is 22.8 Å². The molecule has 1 saturated heterocycles. The third-order valence-corrected chi connectivity index (χ3v) is 4.02. The molecule has 0 aromatic heterocycles. The SMILES string of the molecule is CNC(=O)C1CCCN(C(=O)c2cc(Cl)cc(C(F)(F)F)c2)C1. The fraction of sp³-hybridized carbons (Fsp3) is 0.467. The summed E-state index contributed by atoms with van der Waals surface area (Å²) in [4.78, 5) is 25.5. The molecule has 0 radical (unpaired) electrons. The number of carbonyl (C=O) groups is 2. The van der Waals surface area contributed by atoms with Gasteiger partial charge < -0.3 is 10.2 Å². The molecule has 4 nitrogen and oxygen atoms in total. The number of rotatable bonds is 2. The quantitative estimate of drug-likeness (QED) is 0.893. The van der Waals surface area contributed by atoms with Crippen molar-refractivity contribution in [2.75, 3.05) is 20.1 Å². The van der Waals surface area contributed by atoms with E-state index in [2.05, 4.69) is 5.32 Å². The smallest absolute Gasteiger partial charge is 0.359 e. The Bertz CT molecular complexity index is 619. The van der Waals surface area contributed by atoms with Gasteiger partial charge in [0.05, 0.1) is 11.5 Å². The molecule has 1 aromatic carbocycles. The molecule has 0 saturated carbocycles. The van der Waals surface area contributed by atoms with Crippen LogP contribution in [-0.4, -0.2) is 36.9 Å². The number of hydrogen-bond acceptors (Lipinski definition) is 2. The number of alkyl halides is 3. The molecule has 126 valence electrons. The lowest BCUT2D eigenvalue weighted by atomic mass is 9.96. The van der Waals surface area contributed by atoms with Crippen molar-refractivity contribution in [1.82, 2.24) is 10.2 Å². The number of carbonyl (C=O) groups excluding carboxylic acids is 2. The van der Waals surface area contributed by atoms with Crippen molar-refractivity contribution in [2.45, 2.75) is 19.0 Å². The van der Waals surface area contributed by atoms with Crippen LogP contribution in [0.3, 0.4) is 0 Å². The molecule has 0 aliphatic carbocycles. The number of amides is 2. The van der Waals surface area contributed by atoms with Crippen molar-refractivity contribution in [3.63, 3.8) is 0 Å². The summed E-state index contributed by atoms with van der Waals surface area (Å²) in [6, 6.07) is 2.78. The molecule has 2 amide bonds. The summed E-state index contributed by atoms with van der Waals surface area (Å²) < 4.78 is 38.5. The van der Waals surface area contributed by atoms with Crippen LogP contribution in [0.4, 0.5) is 13.2 Å². The van der Waals surface area contributed by atoms with Gasteiger partial charge in [-0.05, 0) is 31.0 Å². The molecule has 2 rings (SSSR count). The van der Waals surface area contributed by atoms with E-state index < -0.39 is 17.6 Å². The Hall–Kier alpha value is -1.76. The molecular weight excluding hydrogens is 333 g/mol. The van der Waals surface area contributed by atoms with Crippen LogP contribution < -0.4 is 5.32 Å². The number of halogens is 4. The highest BCUT2D eigenvalue weighted by molar-refractivity contribution is 6.31. The third kappa shape index (κ3) is 4.16. The van der Waals surface area contributed by atoms with Crippen LogP contribution in [0.15, 0.2) is 18.2 Å². The maximum Gasteiger partial charge on any atom is 0.416 e. The summed E-state index contributed by atoms with van der Waals surface area (Å²) in [6.07, 6.45) is -3.31. The molecule has 1 aliphatic heterocycles. The lowest BCUT2D eigenvalue weighted by Gasteiger charge is -2.32. The number of nitrogens with one attached hydrogen (secondary N) is 1. The predicted octanol–water partition coefficient (Wildman–Crippen LogP) is 2.96. The minimum Gasteiger partial charge on any atom is -0.359 e. The van der Waals surface area contributed by atoms with Crippen molar-refractivity contribution >= 4 is 23.4 Å². The Balaban J connectivity index is 2.23. The molecule has 8 heteroatoms. The van der Waals surface area contributed by atoms with Gasteiger partial charge in [-0.2, -0.15) is 13.2 Å². The second-order valence-corrected chi connectivity index (χ2v) is 5.87. The van der Waals surface area contributed by atoms with Crippen molar-refractivity contribution in [3.8, 4) is 0 Å². The van der Waals surface area contributed by atoms with E-state index in [1.807, 2.05) is 0 Å². The maximum atomic E-state index is 12.8.